The van der Waals surface area contributed by atoms with Gasteiger partial charge in [-0.3, -0.25) is 15.0 Å². The predicted octanol–water partition coefficient (Wildman–Crippen LogP) is 5.48. The van der Waals surface area contributed by atoms with E-state index in [0.717, 1.165) is 0 Å². The van der Waals surface area contributed by atoms with Crippen molar-refractivity contribution in [2.24, 2.45) is 10.1 Å². The van der Waals surface area contributed by atoms with E-state index in [1.165, 1.54) is 21.3 Å². The number of nitrogens with zero attached hydrogens (tertiary/aromatic N) is 4. The van der Waals surface area contributed by atoms with E-state index in [1.807, 2.05) is 0 Å². The second kappa shape index (κ2) is 18.1. The van der Waals surface area contributed by atoms with Gasteiger partial charge in [0.1, 0.15) is 11.4 Å². The molecule has 0 aliphatic carbocycles. The molecule has 3 N–H and O–H groups in total. The molecule has 15 heteroatoms. The summed E-state index contributed by atoms with van der Waals surface area (Å²) in [6.45, 7) is 5.79. The van der Waals surface area contributed by atoms with Crippen LogP contribution >= 0.6 is 0 Å². The van der Waals surface area contributed by atoms with Crippen molar-refractivity contribution >= 4 is 17.8 Å². The number of ether oxygens (including phenoxy) is 6. The summed E-state index contributed by atoms with van der Waals surface area (Å²) in [7, 11) is 4.53. The number of hydrazine groups is 1. The summed E-state index contributed by atoms with van der Waals surface area (Å²) >= 11 is 0. The number of methoxy groups -OCH3 is 3. The van der Waals surface area contributed by atoms with E-state index in [4.69, 9.17) is 44.1 Å². The first kappa shape index (κ1) is 39.3. The Balaban J connectivity index is 1.75. The van der Waals surface area contributed by atoms with Crippen LogP contribution in [0.3, 0.4) is 0 Å². The van der Waals surface area contributed by atoms with Crippen LogP contribution in [0.25, 0.3) is 10.4 Å². The maximum atomic E-state index is 14.6. The fourth-order valence-electron chi connectivity index (χ4n) is 5.65. The molecule has 52 heavy (non-hydrogen) atoms. The molecule has 0 bridgehead atoms. The molecule has 3 aromatic carbocycles. The largest absolute Gasteiger partial charge is 0.494 e. The Morgan fingerprint density at radius 1 is 1.04 bits per heavy atom. The van der Waals surface area contributed by atoms with Gasteiger partial charge in [-0.2, -0.15) is 0 Å². The van der Waals surface area contributed by atoms with Gasteiger partial charge < -0.3 is 33.5 Å². The standard InChI is InChI=1S/C37H46N6O9/c1-36(2,3)52-31(45)16-17-37(35(46)42-39-22-24-20-29(47-4)32(49-6)30(21-24)48-5)33(28-11-8-7-10-26(28)23-40-43-38)51-34(41-37)25-12-14-27(15-13-25)50-19-9-18-44/h7-8,10-15,20-21,33,39,44H,9,16-19,22-23H2,1-6H3,(H,42,46)/t33-,37-/m0/s1. The number of benzene rings is 3. The average Bonchev–Trinajstić information content (AvgIpc) is 3.53. The van der Waals surface area contributed by atoms with E-state index in [2.05, 4.69) is 20.9 Å². The van der Waals surface area contributed by atoms with E-state index in [1.54, 1.807) is 81.4 Å². The fraction of sp³-hybridized carbons (Fsp3) is 0.432. The number of carbonyl (C=O) groups excluding carboxylic acids is 2. The highest BCUT2D eigenvalue weighted by atomic mass is 16.6. The van der Waals surface area contributed by atoms with Gasteiger partial charge in [0, 0.05) is 36.5 Å². The molecular formula is C37H46N6O9. The van der Waals surface area contributed by atoms with Gasteiger partial charge in [0.15, 0.2) is 23.1 Å². The van der Waals surface area contributed by atoms with Crippen molar-refractivity contribution in [1.29, 1.82) is 0 Å². The lowest BCUT2D eigenvalue weighted by Crippen LogP contribution is -2.53. The Labute approximate surface area is 302 Å². The SMILES string of the molecule is COc1cc(CNNC(=O)[C@@]2(CCC(=O)OC(C)(C)C)N=C(c3ccc(OCCCO)cc3)O[C@H]2c2ccccc2CN=[N+]=[N-])cc(OC)c1OC. The number of amides is 1. The molecule has 1 heterocycles. The van der Waals surface area contributed by atoms with Crippen molar-refractivity contribution in [3.8, 4) is 23.0 Å². The third-order valence-electron chi connectivity index (χ3n) is 8.02. The predicted molar refractivity (Wildman–Crippen MR) is 192 cm³/mol. The molecule has 0 fully saturated rings. The summed E-state index contributed by atoms with van der Waals surface area (Å²) < 4.78 is 34.2. The van der Waals surface area contributed by atoms with Crippen LogP contribution in [0.1, 0.15) is 68.4 Å². The first-order valence-electron chi connectivity index (χ1n) is 16.7. The Hall–Kier alpha value is -5.50. The fourth-order valence-corrected chi connectivity index (χ4v) is 5.65. The molecule has 0 radical (unpaired) electrons. The third kappa shape index (κ3) is 9.84. The summed E-state index contributed by atoms with van der Waals surface area (Å²) in [6.07, 6.45) is -0.813. The zero-order chi connectivity index (χ0) is 37.7. The highest BCUT2D eigenvalue weighted by Gasteiger charge is 2.54. The Kier molecular flexibility index (Phi) is 13.7. The van der Waals surface area contributed by atoms with Crippen molar-refractivity contribution in [3.63, 3.8) is 0 Å². The number of azide groups is 1. The van der Waals surface area contributed by atoms with Crippen LogP contribution < -0.4 is 29.8 Å². The smallest absolute Gasteiger partial charge is 0.306 e. The van der Waals surface area contributed by atoms with E-state index in [9.17, 15) is 9.59 Å². The molecule has 15 nitrogen and oxygen atoms in total. The minimum atomic E-state index is -1.70. The molecule has 1 aliphatic rings. The summed E-state index contributed by atoms with van der Waals surface area (Å²) in [5.74, 6) is 0.963. The number of carbonyl (C=O) groups is 2. The van der Waals surface area contributed by atoms with Gasteiger partial charge in [-0.1, -0.05) is 29.4 Å². The van der Waals surface area contributed by atoms with Crippen LogP contribution in [0.5, 0.6) is 23.0 Å². The molecule has 0 spiro atoms. The molecule has 3 aromatic rings. The van der Waals surface area contributed by atoms with Gasteiger partial charge in [0.05, 0.1) is 34.5 Å². The summed E-state index contributed by atoms with van der Waals surface area (Å²) in [4.78, 5) is 35.6. The molecule has 278 valence electrons. The molecule has 1 amide bonds. The molecule has 1 aliphatic heterocycles. The highest BCUT2D eigenvalue weighted by Crippen LogP contribution is 2.45. The lowest BCUT2D eigenvalue weighted by Gasteiger charge is -2.32. The highest BCUT2D eigenvalue weighted by molar-refractivity contribution is 6.01. The summed E-state index contributed by atoms with van der Waals surface area (Å²) in [6, 6.07) is 17.6. The van der Waals surface area contributed by atoms with E-state index in [0.29, 0.717) is 58.3 Å². The van der Waals surface area contributed by atoms with Gasteiger partial charge in [-0.25, -0.2) is 10.4 Å². The van der Waals surface area contributed by atoms with Crippen LogP contribution in [0.4, 0.5) is 0 Å². The number of aliphatic hydroxyl groups is 1. The van der Waals surface area contributed by atoms with E-state index in [-0.39, 0.29) is 38.4 Å². The molecule has 4 rings (SSSR count). The number of aliphatic imine (C=N–C) groups is 1. The maximum absolute atomic E-state index is 14.6. The Morgan fingerprint density at radius 2 is 1.73 bits per heavy atom. The number of hydrogen-bond acceptors (Lipinski definition) is 12. The van der Waals surface area contributed by atoms with Crippen molar-refractivity contribution < 1.29 is 43.1 Å². The minimum absolute atomic E-state index is 0.00903. The zero-order valence-corrected chi connectivity index (χ0v) is 30.3. The van der Waals surface area contributed by atoms with Gasteiger partial charge in [0.25, 0.3) is 5.91 Å². The number of aliphatic hydroxyl groups excluding tert-OH is 1. The number of esters is 1. The number of rotatable bonds is 18. The van der Waals surface area contributed by atoms with E-state index < -0.39 is 29.1 Å². The van der Waals surface area contributed by atoms with Gasteiger partial charge in [-0.05, 0) is 85.8 Å². The first-order valence-corrected chi connectivity index (χ1v) is 16.7. The zero-order valence-electron chi connectivity index (χ0n) is 30.3. The number of nitrogens with one attached hydrogen (secondary N) is 2. The normalized spacial score (nSPS) is 16.5. The molecule has 0 aromatic heterocycles. The van der Waals surface area contributed by atoms with Crippen molar-refractivity contribution in [3.05, 3.63) is 93.4 Å². The van der Waals surface area contributed by atoms with Crippen molar-refractivity contribution in [1.82, 2.24) is 10.9 Å². The quantitative estimate of drug-likeness (QED) is 0.0378. The number of hydrogen-bond donors (Lipinski definition) is 3. The lowest BCUT2D eigenvalue weighted by atomic mass is 9.82. The van der Waals surface area contributed by atoms with E-state index >= 15 is 0 Å². The minimum Gasteiger partial charge on any atom is -0.494 e. The Morgan fingerprint density at radius 3 is 2.35 bits per heavy atom. The molecule has 0 saturated carbocycles. The topological polar surface area (TPSA) is 195 Å². The second-order valence-electron chi connectivity index (χ2n) is 12.8. The molecule has 0 saturated heterocycles. The van der Waals surface area contributed by atoms with Gasteiger partial charge >= 0.3 is 5.97 Å². The molecular weight excluding hydrogens is 672 g/mol. The summed E-state index contributed by atoms with van der Waals surface area (Å²) in [5.41, 5.74) is 14.9. The lowest BCUT2D eigenvalue weighted by molar-refractivity contribution is -0.155. The van der Waals surface area contributed by atoms with Gasteiger partial charge in [0.2, 0.25) is 11.6 Å². The maximum Gasteiger partial charge on any atom is 0.306 e. The van der Waals surface area contributed by atoms with Crippen LogP contribution in [0, 0.1) is 0 Å². The monoisotopic (exact) mass is 718 g/mol. The average molecular weight is 719 g/mol. The first-order chi connectivity index (χ1) is 25.0. The summed E-state index contributed by atoms with van der Waals surface area (Å²) in [5, 5.41) is 12.9. The molecule has 0 unspecified atom stereocenters. The second-order valence-corrected chi connectivity index (χ2v) is 12.8. The molecule has 2 atom stereocenters. The van der Waals surface area contributed by atoms with Crippen LogP contribution in [-0.2, 0) is 32.2 Å². The van der Waals surface area contributed by atoms with Gasteiger partial charge in [-0.15, -0.1) is 0 Å². The third-order valence-corrected chi connectivity index (χ3v) is 8.02. The van der Waals surface area contributed by atoms with Crippen LogP contribution in [-0.4, -0.2) is 68.6 Å². The van der Waals surface area contributed by atoms with Crippen molar-refractivity contribution in [2.45, 2.75) is 70.4 Å². The Bertz CT molecular complexity index is 1740. The van der Waals surface area contributed by atoms with Crippen LogP contribution in [0.2, 0.25) is 0 Å². The van der Waals surface area contributed by atoms with Crippen molar-refractivity contribution in [2.75, 3.05) is 34.5 Å². The van der Waals surface area contributed by atoms with Crippen LogP contribution in [0.15, 0.2) is 70.8 Å².